The summed E-state index contributed by atoms with van der Waals surface area (Å²) in [6.45, 7) is 11.4. The first-order chi connectivity index (χ1) is 15.5. The van der Waals surface area contributed by atoms with E-state index in [-0.39, 0.29) is 11.9 Å². The van der Waals surface area contributed by atoms with Crippen LogP contribution in [0.3, 0.4) is 0 Å². The first-order valence-corrected chi connectivity index (χ1v) is 11.2. The van der Waals surface area contributed by atoms with Crippen molar-refractivity contribution in [3.05, 3.63) is 53.1 Å². The van der Waals surface area contributed by atoms with Crippen molar-refractivity contribution in [3.63, 3.8) is 0 Å². The molecule has 0 radical (unpaired) electrons. The van der Waals surface area contributed by atoms with E-state index in [2.05, 4.69) is 31.4 Å². The number of fused-ring (bicyclic) bond motifs is 2. The molecular formula is C24H29FN6O. The number of aryl methyl sites for hydroxylation is 2. The molecule has 0 amide bonds. The summed E-state index contributed by atoms with van der Waals surface area (Å²) in [7, 11) is 0. The molecule has 2 aromatic heterocycles. The summed E-state index contributed by atoms with van der Waals surface area (Å²) >= 11 is 0. The molecule has 0 spiro atoms. The first-order valence-electron chi connectivity index (χ1n) is 11.2. The van der Waals surface area contributed by atoms with E-state index in [9.17, 15) is 4.39 Å². The number of ether oxygens (including phenoxy) is 1. The average Bonchev–Trinajstić information content (AvgIpc) is 2.80. The molecule has 2 saturated heterocycles. The third kappa shape index (κ3) is 4.00. The summed E-state index contributed by atoms with van der Waals surface area (Å²) in [5.74, 6) is 0.465. The monoisotopic (exact) mass is 436 g/mol. The molecule has 4 heterocycles. The van der Waals surface area contributed by atoms with Crippen molar-refractivity contribution in [3.8, 4) is 0 Å². The maximum atomic E-state index is 13.5. The molecule has 0 unspecified atom stereocenters. The van der Waals surface area contributed by atoms with E-state index < -0.39 is 0 Å². The fraction of sp³-hybridized carbons (Fsp3) is 0.458. The molecule has 8 heteroatoms. The first kappa shape index (κ1) is 21.0. The van der Waals surface area contributed by atoms with Gasteiger partial charge in [0.2, 0.25) is 0 Å². The summed E-state index contributed by atoms with van der Waals surface area (Å²) in [5, 5.41) is 13.2. The van der Waals surface area contributed by atoms with Crippen LogP contribution in [-0.4, -0.2) is 65.5 Å². The number of benzene rings is 1. The van der Waals surface area contributed by atoms with Gasteiger partial charge in [0.15, 0.2) is 5.82 Å². The number of hydrogen-bond acceptors (Lipinski definition) is 7. The Morgan fingerprint density at radius 3 is 2.88 bits per heavy atom. The number of halogens is 1. The lowest BCUT2D eigenvalue weighted by Crippen LogP contribution is -2.58. The fourth-order valence-corrected chi connectivity index (χ4v) is 4.82. The lowest BCUT2D eigenvalue weighted by molar-refractivity contribution is -0.0116. The van der Waals surface area contributed by atoms with Gasteiger partial charge in [-0.3, -0.25) is 9.88 Å². The Morgan fingerprint density at radius 2 is 2.03 bits per heavy atom. The maximum absolute atomic E-state index is 13.5. The van der Waals surface area contributed by atoms with Crippen molar-refractivity contribution in [2.75, 3.05) is 49.6 Å². The minimum absolute atomic E-state index is 0.0533. The lowest BCUT2D eigenvalue weighted by Gasteiger charge is -2.44. The number of hydrogen-bond donors (Lipinski definition) is 1. The Balaban J connectivity index is 1.45. The normalized spacial score (nSPS) is 20.2. The van der Waals surface area contributed by atoms with Crippen molar-refractivity contribution < 1.29 is 9.13 Å². The molecule has 0 bridgehead atoms. The van der Waals surface area contributed by atoms with Crippen LogP contribution in [0.4, 0.5) is 15.9 Å². The number of morpholine rings is 1. The molecule has 0 aliphatic carbocycles. The third-order valence-electron chi connectivity index (χ3n) is 6.63. The number of nitrogens with one attached hydrogen (secondary N) is 1. The molecule has 1 N–H and O–H groups in total. The largest absolute Gasteiger partial charge is 0.378 e. The number of rotatable bonds is 4. The molecule has 1 aromatic carbocycles. The van der Waals surface area contributed by atoms with Crippen LogP contribution in [0.2, 0.25) is 0 Å². The molecule has 2 atom stereocenters. The fourth-order valence-electron chi connectivity index (χ4n) is 4.82. The zero-order valence-electron chi connectivity index (χ0n) is 18.8. The van der Waals surface area contributed by atoms with Crippen LogP contribution in [0.25, 0.3) is 10.9 Å². The molecule has 2 aliphatic rings. The number of pyridine rings is 1. The SMILES string of the molecule is Cc1cc(F)ccc1[C@@H](C)Nc1nnc(C)c2ncc(N3CCN4CCOC[C@@H]4C3)cc12. The molecule has 5 rings (SSSR count). The second-order valence-electron chi connectivity index (χ2n) is 8.80. The average molecular weight is 437 g/mol. The molecule has 32 heavy (non-hydrogen) atoms. The van der Waals surface area contributed by atoms with Gasteiger partial charge < -0.3 is 15.0 Å². The number of nitrogens with zero attached hydrogens (tertiary/aromatic N) is 5. The van der Waals surface area contributed by atoms with Crippen molar-refractivity contribution in [1.82, 2.24) is 20.1 Å². The maximum Gasteiger partial charge on any atom is 0.158 e. The van der Waals surface area contributed by atoms with Crippen molar-refractivity contribution in [1.29, 1.82) is 0 Å². The quantitative estimate of drug-likeness (QED) is 0.672. The van der Waals surface area contributed by atoms with Crippen LogP contribution >= 0.6 is 0 Å². The second kappa shape index (κ2) is 8.60. The Hall–Kier alpha value is -2.84. The van der Waals surface area contributed by atoms with Gasteiger partial charge >= 0.3 is 0 Å². The Bertz CT molecular complexity index is 1140. The van der Waals surface area contributed by atoms with Gasteiger partial charge in [-0.2, -0.15) is 5.10 Å². The highest BCUT2D eigenvalue weighted by molar-refractivity contribution is 5.92. The lowest BCUT2D eigenvalue weighted by atomic mass is 10.0. The topological polar surface area (TPSA) is 66.4 Å². The van der Waals surface area contributed by atoms with Crippen molar-refractivity contribution in [2.24, 2.45) is 0 Å². The second-order valence-corrected chi connectivity index (χ2v) is 8.80. The van der Waals surface area contributed by atoms with E-state index in [0.29, 0.717) is 11.9 Å². The Morgan fingerprint density at radius 1 is 1.16 bits per heavy atom. The number of piperazine rings is 1. The highest BCUT2D eigenvalue weighted by atomic mass is 19.1. The van der Waals surface area contributed by atoms with Gasteiger partial charge in [-0.25, -0.2) is 4.39 Å². The minimum atomic E-state index is -0.226. The number of aromatic nitrogens is 3. The van der Waals surface area contributed by atoms with Gasteiger partial charge in [-0.15, -0.1) is 5.10 Å². The summed E-state index contributed by atoms with van der Waals surface area (Å²) in [6.07, 6.45) is 1.94. The third-order valence-corrected chi connectivity index (χ3v) is 6.63. The van der Waals surface area contributed by atoms with Gasteiger partial charge in [0, 0.05) is 31.6 Å². The molecule has 7 nitrogen and oxygen atoms in total. The summed E-state index contributed by atoms with van der Waals surface area (Å²) in [4.78, 5) is 9.65. The summed E-state index contributed by atoms with van der Waals surface area (Å²) in [6, 6.07) is 7.40. The van der Waals surface area contributed by atoms with E-state index in [4.69, 9.17) is 9.72 Å². The molecule has 0 saturated carbocycles. The Kier molecular flexibility index (Phi) is 5.65. The summed E-state index contributed by atoms with van der Waals surface area (Å²) in [5.41, 5.74) is 4.66. The predicted molar refractivity (Wildman–Crippen MR) is 124 cm³/mol. The van der Waals surface area contributed by atoms with E-state index in [1.165, 1.54) is 6.07 Å². The zero-order chi connectivity index (χ0) is 22.2. The zero-order valence-corrected chi connectivity index (χ0v) is 18.8. The van der Waals surface area contributed by atoms with E-state index in [0.717, 1.165) is 72.8 Å². The van der Waals surface area contributed by atoms with Crippen LogP contribution in [0.5, 0.6) is 0 Å². The molecule has 3 aromatic rings. The van der Waals surface area contributed by atoms with Crippen molar-refractivity contribution in [2.45, 2.75) is 32.9 Å². The van der Waals surface area contributed by atoms with Crippen LogP contribution in [0, 0.1) is 19.7 Å². The highest BCUT2D eigenvalue weighted by Crippen LogP contribution is 2.30. The standard InChI is InChI=1S/C24H29FN6O/c1-15-10-18(25)4-5-21(15)16(2)27-24-22-11-19(12-26-23(22)17(3)28-29-24)31-7-6-30-8-9-32-14-20(30)13-31/h4-5,10-12,16,20H,6-9,13-14H2,1-3H3,(H,27,29)/t16-,20+/m1/s1. The molecule has 2 fully saturated rings. The van der Waals surface area contributed by atoms with Crippen LogP contribution in [0.1, 0.15) is 29.8 Å². The van der Waals surface area contributed by atoms with Crippen LogP contribution in [-0.2, 0) is 4.74 Å². The predicted octanol–water partition coefficient (Wildman–Crippen LogP) is 3.47. The van der Waals surface area contributed by atoms with Crippen molar-refractivity contribution >= 4 is 22.4 Å². The Labute approximate surface area is 187 Å². The number of anilines is 2. The summed E-state index contributed by atoms with van der Waals surface area (Å²) < 4.78 is 19.2. The van der Waals surface area contributed by atoms with Gasteiger partial charge in [-0.05, 0) is 50.1 Å². The van der Waals surface area contributed by atoms with Gasteiger partial charge in [-0.1, -0.05) is 6.07 Å². The van der Waals surface area contributed by atoms with Crippen LogP contribution in [0.15, 0.2) is 30.5 Å². The van der Waals surface area contributed by atoms with Gasteiger partial charge in [0.05, 0.1) is 48.4 Å². The van der Waals surface area contributed by atoms with Crippen LogP contribution < -0.4 is 10.2 Å². The van der Waals surface area contributed by atoms with E-state index >= 15 is 0 Å². The molecule has 168 valence electrons. The van der Waals surface area contributed by atoms with E-state index in [1.807, 2.05) is 33.0 Å². The smallest absolute Gasteiger partial charge is 0.158 e. The van der Waals surface area contributed by atoms with Gasteiger partial charge in [0.1, 0.15) is 5.82 Å². The molecular weight excluding hydrogens is 407 g/mol. The highest BCUT2D eigenvalue weighted by Gasteiger charge is 2.30. The van der Waals surface area contributed by atoms with E-state index in [1.54, 1.807) is 6.07 Å². The minimum Gasteiger partial charge on any atom is -0.378 e. The van der Waals surface area contributed by atoms with Gasteiger partial charge in [0.25, 0.3) is 0 Å². The molecule has 2 aliphatic heterocycles.